The first-order chi connectivity index (χ1) is 18.8. The van der Waals surface area contributed by atoms with Gasteiger partial charge in [0.15, 0.2) is 0 Å². The Bertz CT molecular complexity index is 1560. The van der Waals surface area contributed by atoms with Gasteiger partial charge in [-0.25, -0.2) is 0 Å². The Morgan fingerprint density at radius 3 is 2.54 bits per heavy atom. The first kappa shape index (κ1) is 26.1. The lowest BCUT2D eigenvalue weighted by atomic mass is 10.0. The van der Waals surface area contributed by atoms with E-state index in [4.69, 9.17) is 48.8 Å². The molecule has 0 spiro atoms. The molecule has 9 heteroatoms. The Morgan fingerprint density at radius 1 is 1.08 bits per heavy atom. The summed E-state index contributed by atoms with van der Waals surface area (Å²) in [6, 6.07) is 14.2. The molecule has 0 saturated heterocycles. The predicted octanol–water partition coefficient (Wildman–Crippen LogP) is 8.17. The number of hydrogen-bond acceptors (Lipinski definition) is 5. The van der Waals surface area contributed by atoms with E-state index in [1.165, 1.54) is 18.0 Å². The van der Waals surface area contributed by atoms with E-state index in [2.05, 4.69) is 23.9 Å². The van der Waals surface area contributed by atoms with Gasteiger partial charge < -0.3 is 14.0 Å². The molecule has 1 N–H and O–H groups in total. The van der Waals surface area contributed by atoms with Crippen molar-refractivity contribution in [1.29, 1.82) is 0 Å². The topological polar surface area (TPSA) is 68.6 Å². The molecule has 2 saturated carbocycles. The molecule has 2 atom stereocenters. The zero-order valence-electron chi connectivity index (χ0n) is 21.2. The van der Waals surface area contributed by atoms with Crippen molar-refractivity contribution in [3.05, 3.63) is 105 Å². The summed E-state index contributed by atoms with van der Waals surface area (Å²) in [5.41, 5.74) is 5.14. The number of hydrogen-bond donors (Lipinski definition) is 1. The standard InChI is InChI=1S/C30H26Cl3N2O4/c1-16(37-2)18-4-3-5-19(10-18)22-12-23(22)21-9-8-20(11-25(21)31)38-15-24-29(34-39-30(24)17-6-7-17)28-26(32)13-35(36)14-27(28)33/h3-5,8-11,13-14,17,22-23,36H,1,6-7,12,15H2,2H3/q+1. The Morgan fingerprint density at radius 2 is 1.85 bits per heavy atom. The number of benzene rings is 2. The summed E-state index contributed by atoms with van der Waals surface area (Å²) >= 11 is 19.6. The van der Waals surface area contributed by atoms with Gasteiger partial charge in [-0.1, -0.05) is 70.8 Å². The molecule has 0 amide bonds. The lowest BCUT2D eigenvalue weighted by Crippen LogP contribution is -2.28. The first-order valence-electron chi connectivity index (χ1n) is 12.7. The molecule has 0 bridgehead atoms. The van der Waals surface area contributed by atoms with Gasteiger partial charge in [0.25, 0.3) is 0 Å². The maximum Gasteiger partial charge on any atom is 0.241 e. The van der Waals surface area contributed by atoms with Crippen molar-refractivity contribution >= 4 is 40.6 Å². The monoisotopic (exact) mass is 583 g/mol. The zero-order valence-corrected chi connectivity index (χ0v) is 23.4. The molecule has 2 aliphatic rings. The van der Waals surface area contributed by atoms with Gasteiger partial charge in [0.1, 0.15) is 39.6 Å². The molecule has 6 nitrogen and oxygen atoms in total. The van der Waals surface area contributed by atoms with Gasteiger partial charge in [-0.05, 0) is 60.4 Å². The van der Waals surface area contributed by atoms with Crippen LogP contribution < -0.4 is 9.47 Å². The molecule has 200 valence electrons. The van der Waals surface area contributed by atoms with Crippen LogP contribution >= 0.6 is 34.8 Å². The van der Waals surface area contributed by atoms with Crippen LogP contribution in [0, 0.1) is 0 Å². The van der Waals surface area contributed by atoms with Crippen LogP contribution in [-0.4, -0.2) is 17.5 Å². The van der Waals surface area contributed by atoms with E-state index in [0.29, 0.717) is 45.5 Å². The molecule has 0 aliphatic heterocycles. The molecule has 2 aromatic heterocycles. The third kappa shape index (κ3) is 5.21. The maximum absolute atomic E-state index is 9.77. The largest absolute Gasteiger partial charge is 0.497 e. The van der Waals surface area contributed by atoms with Gasteiger partial charge in [0.05, 0.1) is 18.2 Å². The fourth-order valence-electron chi connectivity index (χ4n) is 5.08. The second-order valence-electron chi connectivity index (χ2n) is 10.0. The van der Waals surface area contributed by atoms with Crippen molar-refractivity contribution in [2.24, 2.45) is 0 Å². The summed E-state index contributed by atoms with van der Waals surface area (Å²) in [5, 5.41) is 15.2. The molecule has 2 aliphatic carbocycles. The Balaban J connectivity index is 1.20. The van der Waals surface area contributed by atoms with Crippen LogP contribution in [0.2, 0.25) is 15.1 Å². The van der Waals surface area contributed by atoms with Crippen molar-refractivity contribution < 1.29 is 23.9 Å². The van der Waals surface area contributed by atoms with E-state index in [1.807, 2.05) is 30.3 Å². The second-order valence-corrected chi connectivity index (χ2v) is 11.3. The normalized spacial score (nSPS) is 18.2. The molecule has 0 radical (unpaired) electrons. The minimum Gasteiger partial charge on any atom is -0.497 e. The molecule has 2 heterocycles. The first-order valence-corrected chi connectivity index (χ1v) is 13.8. The quantitative estimate of drug-likeness (QED) is 0.122. The molecule has 2 unspecified atom stereocenters. The van der Waals surface area contributed by atoms with Crippen molar-refractivity contribution in [2.45, 2.75) is 43.6 Å². The molecule has 2 fully saturated rings. The van der Waals surface area contributed by atoms with Crippen LogP contribution in [0.3, 0.4) is 0 Å². The van der Waals surface area contributed by atoms with E-state index >= 15 is 0 Å². The summed E-state index contributed by atoms with van der Waals surface area (Å²) in [6.45, 7) is 4.17. The average molecular weight is 585 g/mol. The highest BCUT2D eigenvalue weighted by Crippen LogP contribution is 2.56. The number of methoxy groups -OCH3 is 1. The summed E-state index contributed by atoms with van der Waals surface area (Å²) in [4.78, 5) is 0. The summed E-state index contributed by atoms with van der Waals surface area (Å²) in [6.07, 6.45) is 5.80. The lowest BCUT2D eigenvalue weighted by Gasteiger charge is -2.11. The Labute approximate surface area is 241 Å². The van der Waals surface area contributed by atoms with Crippen molar-refractivity contribution in [2.75, 3.05) is 7.11 Å². The van der Waals surface area contributed by atoms with Crippen LogP contribution in [0.15, 0.2) is 66.0 Å². The average Bonchev–Trinajstić information content (AvgIpc) is 3.85. The number of rotatable bonds is 9. The Hall–Kier alpha value is -3.19. The fourth-order valence-corrected chi connectivity index (χ4v) is 6.03. The number of halogens is 3. The van der Waals surface area contributed by atoms with Gasteiger partial charge >= 0.3 is 0 Å². The molecule has 2 aromatic carbocycles. The molecule has 39 heavy (non-hydrogen) atoms. The number of nitrogens with zero attached hydrogens (tertiary/aromatic N) is 2. The smallest absolute Gasteiger partial charge is 0.241 e. The van der Waals surface area contributed by atoms with Gasteiger partial charge in [-0.3, -0.25) is 5.21 Å². The highest BCUT2D eigenvalue weighted by atomic mass is 35.5. The predicted molar refractivity (Wildman–Crippen MR) is 150 cm³/mol. The van der Waals surface area contributed by atoms with E-state index < -0.39 is 0 Å². The van der Waals surface area contributed by atoms with Crippen molar-refractivity contribution in [3.63, 3.8) is 0 Å². The number of pyridine rings is 1. The van der Waals surface area contributed by atoms with Crippen LogP contribution in [0.25, 0.3) is 17.0 Å². The van der Waals surface area contributed by atoms with Crippen LogP contribution in [-0.2, 0) is 11.3 Å². The summed E-state index contributed by atoms with van der Waals surface area (Å²) < 4.78 is 18.0. The van der Waals surface area contributed by atoms with Crippen molar-refractivity contribution in [3.8, 4) is 17.0 Å². The Kier molecular flexibility index (Phi) is 6.96. The number of ether oxygens (including phenoxy) is 2. The summed E-state index contributed by atoms with van der Waals surface area (Å²) in [7, 11) is 1.63. The maximum atomic E-state index is 9.77. The third-order valence-corrected chi connectivity index (χ3v) is 8.30. The van der Waals surface area contributed by atoms with Gasteiger partial charge in [-0.15, -0.1) is 0 Å². The highest BCUT2D eigenvalue weighted by molar-refractivity contribution is 6.38. The van der Waals surface area contributed by atoms with E-state index in [1.54, 1.807) is 7.11 Å². The van der Waals surface area contributed by atoms with Gasteiger partial charge in [0, 0.05) is 21.2 Å². The van der Waals surface area contributed by atoms with E-state index in [-0.39, 0.29) is 16.7 Å². The minimum absolute atomic E-state index is 0.212. The van der Waals surface area contributed by atoms with Crippen LogP contribution in [0.1, 0.15) is 65.0 Å². The zero-order chi connectivity index (χ0) is 27.3. The van der Waals surface area contributed by atoms with E-state index in [0.717, 1.165) is 46.4 Å². The highest BCUT2D eigenvalue weighted by Gasteiger charge is 2.41. The minimum atomic E-state index is 0.212. The summed E-state index contributed by atoms with van der Waals surface area (Å²) in [5.74, 6) is 3.12. The molecular weight excluding hydrogens is 559 g/mol. The molecular formula is C30H26Cl3N2O4+. The van der Waals surface area contributed by atoms with Crippen molar-refractivity contribution in [1.82, 2.24) is 5.16 Å². The number of aromatic nitrogens is 2. The second kappa shape index (κ2) is 10.4. The molecule has 4 aromatic rings. The van der Waals surface area contributed by atoms with Gasteiger partial charge in [0.2, 0.25) is 12.4 Å². The molecule has 6 rings (SSSR count). The van der Waals surface area contributed by atoms with E-state index in [9.17, 15) is 5.21 Å². The fraction of sp³-hybridized carbons (Fsp3) is 0.267. The SMILES string of the molecule is C=C(OC)c1cccc(C2CC2c2ccc(OCc3c(-c4c(Cl)c[n+](O)cc4Cl)noc3C3CC3)cc2Cl)c1. The lowest BCUT2D eigenvalue weighted by molar-refractivity contribution is -0.904. The van der Waals surface area contributed by atoms with Gasteiger partial charge in [-0.2, -0.15) is 0 Å². The third-order valence-electron chi connectivity index (χ3n) is 7.40. The van der Waals surface area contributed by atoms with Crippen LogP contribution in [0.4, 0.5) is 0 Å². The van der Waals surface area contributed by atoms with Crippen LogP contribution in [0.5, 0.6) is 5.75 Å².